The fourth-order valence-corrected chi connectivity index (χ4v) is 3.57. The lowest BCUT2D eigenvalue weighted by Crippen LogP contribution is -2.38. The SMILES string of the molecule is Cc1cc(C(=O)N2CCC(c3noc(N)c3C(C)C)CC2)c(C)o1. The summed E-state index contributed by atoms with van der Waals surface area (Å²) in [4.78, 5) is 14.6. The van der Waals surface area contributed by atoms with E-state index in [0.717, 1.165) is 29.9 Å². The van der Waals surface area contributed by atoms with Gasteiger partial charge in [-0.25, -0.2) is 0 Å². The van der Waals surface area contributed by atoms with Crippen LogP contribution in [-0.2, 0) is 0 Å². The van der Waals surface area contributed by atoms with E-state index in [2.05, 4.69) is 19.0 Å². The lowest BCUT2D eigenvalue weighted by Gasteiger charge is -2.31. The molecule has 1 saturated heterocycles. The first-order valence-corrected chi connectivity index (χ1v) is 8.49. The van der Waals surface area contributed by atoms with Crippen LogP contribution in [0.5, 0.6) is 0 Å². The molecule has 0 aromatic carbocycles. The third kappa shape index (κ3) is 2.92. The van der Waals surface area contributed by atoms with Gasteiger partial charge < -0.3 is 19.6 Å². The van der Waals surface area contributed by atoms with Crippen molar-refractivity contribution in [2.75, 3.05) is 18.8 Å². The molecule has 3 heterocycles. The van der Waals surface area contributed by atoms with Crippen molar-refractivity contribution in [3.63, 3.8) is 0 Å². The summed E-state index contributed by atoms with van der Waals surface area (Å²) in [5, 5.41) is 4.19. The van der Waals surface area contributed by atoms with Crippen LogP contribution >= 0.6 is 0 Å². The highest BCUT2D eigenvalue weighted by Gasteiger charge is 2.30. The van der Waals surface area contributed by atoms with Crippen LogP contribution in [0.2, 0.25) is 0 Å². The first-order chi connectivity index (χ1) is 11.4. The molecule has 0 bridgehead atoms. The van der Waals surface area contributed by atoms with Gasteiger partial charge in [-0.2, -0.15) is 0 Å². The van der Waals surface area contributed by atoms with Gasteiger partial charge in [0.2, 0.25) is 5.88 Å². The summed E-state index contributed by atoms with van der Waals surface area (Å²) < 4.78 is 10.7. The molecule has 0 radical (unpaired) electrons. The molecule has 1 fully saturated rings. The molecule has 0 aliphatic carbocycles. The van der Waals surface area contributed by atoms with Crippen molar-refractivity contribution >= 4 is 11.8 Å². The molecule has 1 aliphatic rings. The van der Waals surface area contributed by atoms with E-state index < -0.39 is 0 Å². The molecule has 0 unspecified atom stereocenters. The average molecular weight is 331 g/mol. The van der Waals surface area contributed by atoms with E-state index in [1.165, 1.54) is 0 Å². The van der Waals surface area contributed by atoms with Crippen molar-refractivity contribution in [2.24, 2.45) is 0 Å². The largest absolute Gasteiger partial charge is 0.466 e. The van der Waals surface area contributed by atoms with Gasteiger partial charge in [-0.15, -0.1) is 0 Å². The molecule has 2 aromatic heterocycles. The van der Waals surface area contributed by atoms with Crippen molar-refractivity contribution in [1.29, 1.82) is 0 Å². The zero-order valence-electron chi connectivity index (χ0n) is 14.8. The lowest BCUT2D eigenvalue weighted by atomic mass is 9.88. The van der Waals surface area contributed by atoms with Crippen LogP contribution in [0, 0.1) is 13.8 Å². The minimum absolute atomic E-state index is 0.0477. The number of hydrogen-bond donors (Lipinski definition) is 1. The highest BCUT2D eigenvalue weighted by molar-refractivity contribution is 5.95. The summed E-state index contributed by atoms with van der Waals surface area (Å²) in [6, 6.07) is 1.82. The molecule has 1 amide bonds. The number of likely N-dealkylation sites (tertiary alicyclic amines) is 1. The Morgan fingerprint density at radius 2 is 2.00 bits per heavy atom. The van der Waals surface area contributed by atoms with Crippen LogP contribution in [0.3, 0.4) is 0 Å². The number of piperidine rings is 1. The molecular formula is C18H25N3O3. The minimum atomic E-state index is 0.0477. The zero-order chi connectivity index (χ0) is 17.4. The van der Waals surface area contributed by atoms with Crippen molar-refractivity contribution < 1.29 is 13.7 Å². The summed E-state index contributed by atoms with van der Waals surface area (Å²) >= 11 is 0. The number of aromatic nitrogens is 1. The number of carbonyl (C=O) groups excluding carboxylic acids is 1. The summed E-state index contributed by atoms with van der Waals surface area (Å²) in [7, 11) is 0. The van der Waals surface area contributed by atoms with Crippen molar-refractivity contribution in [3.8, 4) is 0 Å². The van der Waals surface area contributed by atoms with Gasteiger partial charge in [0.25, 0.3) is 5.91 Å². The molecular weight excluding hydrogens is 306 g/mol. The number of furan rings is 1. The number of hydrogen-bond acceptors (Lipinski definition) is 5. The maximum atomic E-state index is 12.7. The molecule has 130 valence electrons. The maximum Gasteiger partial charge on any atom is 0.257 e. The standard InChI is InChI=1S/C18H25N3O3/c1-10(2)15-16(20-24-17(15)19)13-5-7-21(8-6-13)18(22)14-9-11(3)23-12(14)4/h9-10,13H,5-8,19H2,1-4H3. The van der Waals surface area contributed by atoms with E-state index in [1.807, 2.05) is 24.8 Å². The second-order valence-corrected chi connectivity index (χ2v) is 6.89. The third-order valence-corrected chi connectivity index (χ3v) is 4.80. The van der Waals surface area contributed by atoms with Crippen molar-refractivity contribution in [2.45, 2.75) is 52.4 Å². The van der Waals surface area contributed by atoms with E-state index >= 15 is 0 Å². The fourth-order valence-electron chi connectivity index (χ4n) is 3.57. The second kappa shape index (κ2) is 6.34. The molecule has 6 heteroatoms. The predicted octanol–water partition coefficient (Wildman–Crippen LogP) is 3.61. The van der Waals surface area contributed by atoms with E-state index in [0.29, 0.717) is 36.2 Å². The molecule has 1 aliphatic heterocycles. The van der Waals surface area contributed by atoms with Gasteiger partial charge in [-0.05, 0) is 38.7 Å². The van der Waals surface area contributed by atoms with Crippen LogP contribution in [0.1, 0.15) is 71.7 Å². The van der Waals surface area contributed by atoms with Crippen molar-refractivity contribution in [3.05, 3.63) is 34.4 Å². The maximum absolute atomic E-state index is 12.7. The predicted molar refractivity (Wildman–Crippen MR) is 91.1 cm³/mol. The number of amides is 1. The van der Waals surface area contributed by atoms with Crippen LogP contribution in [0.25, 0.3) is 0 Å². The van der Waals surface area contributed by atoms with Crippen LogP contribution in [-0.4, -0.2) is 29.1 Å². The second-order valence-electron chi connectivity index (χ2n) is 6.89. The molecule has 3 rings (SSSR count). The number of aryl methyl sites for hydroxylation is 2. The van der Waals surface area contributed by atoms with E-state index in [9.17, 15) is 4.79 Å². The first kappa shape index (κ1) is 16.6. The Morgan fingerprint density at radius 1 is 1.33 bits per heavy atom. The molecule has 2 aromatic rings. The van der Waals surface area contributed by atoms with E-state index in [-0.39, 0.29) is 11.8 Å². The van der Waals surface area contributed by atoms with Gasteiger partial charge in [-0.1, -0.05) is 19.0 Å². The molecule has 0 spiro atoms. The first-order valence-electron chi connectivity index (χ1n) is 8.49. The Bertz CT molecular complexity index is 737. The summed E-state index contributed by atoms with van der Waals surface area (Å²) in [5.74, 6) is 2.49. The minimum Gasteiger partial charge on any atom is -0.466 e. The summed E-state index contributed by atoms with van der Waals surface area (Å²) in [6.45, 7) is 9.29. The van der Waals surface area contributed by atoms with Crippen LogP contribution < -0.4 is 5.73 Å². The fraction of sp³-hybridized carbons (Fsp3) is 0.556. The van der Waals surface area contributed by atoms with Gasteiger partial charge in [0.15, 0.2) is 0 Å². The topological polar surface area (TPSA) is 85.5 Å². The summed E-state index contributed by atoms with van der Waals surface area (Å²) in [5.41, 5.74) is 8.56. The van der Waals surface area contributed by atoms with Crippen molar-refractivity contribution in [1.82, 2.24) is 10.1 Å². The number of nitrogen functional groups attached to an aromatic ring is 1. The van der Waals surface area contributed by atoms with Gasteiger partial charge in [0, 0.05) is 24.6 Å². The monoisotopic (exact) mass is 331 g/mol. The van der Waals surface area contributed by atoms with Gasteiger partial charge in [0.05, 0.1) is 11.3 Å². The van der Waals surface area contributed by atoms with E-state index in [4.69, 9.17) is 14.7 Å². The Balaban J connectivity index is 1.70. The third-order valence-electron chi connectivity index (χ3n) is 4.80. The van der Waals surface area contributed by atoms with E-state index in [1.54, 1.807) is 0 Å². The molecule has 24 heavy (non-hydrogen) atoms. The smallest absolute Gasteiger partial charge is 0.257 e. The molecule has 6 nitrogen and oxygen atoms in total. The zero-order valence-corrected chi connectivity index (χ0v) is 14.8. The lowest BCUT2D eigenvalue weighted by molar-refractivity contribution is 0.0709. The molecule has 2 N–H and O–H groups in total. The van der Waals surface area contributed by atoms with Crippen LogP contribution in [0.4, 0.5) is 5.88 Å². The normalized spacial score (nSPS) is 16.1. The number of rotatable bonds is 3. The number of nitrogens with zero attached hydrogens (tertiary/aromatic N) is 2. The average Bonchev–Trinajstić information content (AvgIpc) is 3.09. The highest BCUT2D eigenvalue weighted by Crippen LogP contribution is 2.36. The highest BCUT2D eigenvalue weighted by atomic mass is 16.5. The molecule has 0 atom stereocenters. The summed E-state index contributed by atoms with van der Waals surface area (Å²) in [6.07, 6.45) is 1.74. The number of anilines is 1. The number of carbonyl (C=O) groups is 1. The Morgan fingerprint density at radius 3 is 2.54 bits per heavy atom. The molecule has 0 saturated carbocycles. The van der Waals surface area contributed by atoms with Gasteiger partial charge in [0.1, 0.15) is 11.5 Å². The Hall–Kier alpha value is -2.24. The quantitative estimate of drug-likeness (QED) is 0.928. The van der Waals surface area contributed by atoms with Crippen LogP contribution in [0.15, 0.2) is 15.0 Å². The Kier molecular flexibility index (Phi) is 4.39. The van der Waals surface area contributed by atoms with Gasteiger partial charge >= 0.3 is 0 Å². The Labute approximate surface area is 142 Å². The van der Waals surface area contributed by atoms with Gasteiger partial charge in [-0.3, -0.25) is 4.79 Å². The number of nitrogens with two attached hydrogens (primary N) is 1.